The van der Waals surface area contributed by atoms with Crippen molar-refractivity contribution >= 4 is 26.7 Å². The summed E-state index contributed by atoms with van der Waals surface area (Å²) in [4.78, 5) is 11.9. The van der Waals surface area contributed by atoms with Gasteiger partial charge in [0.2, 0.25) is 0 Å². The van der Waals surface area contributed by atoms with Crippen molar-refractivity contribution in [1.29, 1.82) is 0 Å². The van der Waals surface area contributed by atoms with Gasteiger partial charge in [0.05, 0.1) is 15.6 Å². The summed E-state index contributed by atoms with van der Waals surface area (Å²) in [5, 5.41) is 8.11. The minimum absolute atomic E-state index is 0.197. The fraction of sp³-hybridized carbons (Fsp3) is 0.125. The van der Waals surface area contributed by atoms with Crippen LogP contribution in [0.5, 0.6) is 0 Å². The number of halogens is 2. The lowest BCUT2D eigenvalue weighted by atomic mass is 10.0. The third-order valence-corrected chi connectivity index (χ3v) is 3.99. The van der Waals surface area contributed by atoms with Gasteiger partial charge in [-0.15, -0.1) is 0 Å². The summed E-state index contributed by atoms with van der Waals surface area (Å²) in [7, 11) is 0. The van der Waals surface area contributed by atoms with Crippen molar-refractivity contribution in [3.8, 4) is 0 Å². The fourth-order valence-corrected chi connectivity index (χ4v) is 2.74. The molecule has 21 heavy (non-hydrogen) atoms. The molecule has 0 aliphatic rings. The van der Waals surface area contributed by atoms with Gasteiger partial charge in [-0.2, -0.15) is 5.10 Å². The Morgan fingerprint density at radius 2 is 2.00 bits per heavy atom. The highest BCUT2D eigenvalue weighted by Crippen LogP contribution is 2.21. The van der Waals surface area contributed by atoms with Crippen molar-refractivity contribution in [2.45, 2.75) is 13.3 Å². The van der Waals surface area contributed by atoms with Crippen molar-refractivity contribution in [3.63, 3.8) is 0 Å². The largest absolute Gasteiger partial charge is 0.272 e. The summed E-state index contributed by atoms with van der Waals surface area (Å²) < 4.78 is 13.7. The summed E-state index contributed by atoms with van der Waals surface area (Å²) in [6.07, 6.45) is 0.523. The van der Waals surface area contributed by atoms with Gasteiger partial charge in [-0.25, -0.2) is 9.49 Å². The average molecular weight is 347 g/mol. The van der Waals surface area contributed by atoms with Crippen LogP contribution in [-0.2, 0) is 6.42 Å². The number of nitrogens with zero attached hydrogens (tertiary/aromatic N) is 1. The quantitative estimate of drug-likeness (QED) is 0.768. The second kappa shape index (κ2) is 5.41. The van der Waals surface area contributed by atoms with Crippen LogP contribution in [0.2, 0.25) is 0 Å². The number of hydrogen-bond donors (Lipinski definition) is 1. The minimum Gasteiger partial charge on any atom is -0.267 e. The van der Waals surface area contributed by atoms with Crippen LogP contribution in [-0.4, -0.2) is 10.2 Å². The molecule has 5 heteroatoms. The van der Waals surface area contributed by atoms with Crippen LogP contribution in [0.3, 0.4) is 0 Å². The SMILES string of the molecule is Cc1ccc2c(Cc3ccc(F)c(Br)c3)n[nH]c(=O)c2c1. The number of benzene rings is 2. The number of hydrogen-bond acceptors (Lipinski definition) is 2. The first kappa shape index (κ1) is 13.9. The molecule has 0 fully saturated rings. The molecule has 0 saturated heterocycles. The Hall–Kier alpha value is -2.01. The van der Waals surface area contributed by atoms with Gasteiger partial charge in [-0.3, -0.25) is 4.79 Å². The average Bonchev–Trinajstić information content (AvgIpc) is 2.46. The standard InChI is InChI=1S/C16H12BrFN2O/c1-9-2-4-11-12(6-9)16(21)20-19-15(11)8-10-3-5-14(18)13(17)7-10/h2-7H,8H2,1H3,(H,20,21). The first-order chi connectivity index (χ1) is 10.0. The van der Waals surface area contributed by atoms with Crippen LogP contribution in [0.1, 0.15) is 16.8 Å². The van der Waals surface area contributed by atoms with Gasteiger partial charge >= 0.3 is 0 Å². The third kappa shape index (κ3) is 2.74. The number of aryl methyl sites for hydroxylation is 1. The Morgan fingerprint density at radius 3 is 2.76 bits per heavy atom. The van der Waals surface area contributed by atoms with E-state index in [1.807, 2.05) is 25.1 Å². The molecule has 1 heterocycles. The predicted molar refractivity (Wildman–Crippen MR) is 84.0 cm³/mol. The van der Waals surface area contributed by atoms with E-state index in [1.165, 1.54) is 6.07 Å². The lowest BCUT2D eigenvalue weighted by Crippen LogP contribution is -2.11. The Labute approximate surface area is 129 Å². The Balaban J connectivity index is 2.10. The van der Waals surface area contributed by atoms with E-state index < -0.39 is 0 Å². The van der Waals surface area contributed by atoms with Crippen LogP contribution in [0, 0.1) is 12.7 Å². The maximum Gasteiger partial charge on any atom is 0.272 e. The number of aromatic amines is 1. The monoisotopic (exact) mass is 346 g/mol. The topological polar surface area (TPSA) is 45.8 Å². The van der Waals surface area contributed by atoms with Gasteiger partial charge in [-0.1, -0.05) is 23.8 Å². The van der Waals surface area contributed by atoms with Gasteiger partial charge in [-0.05, 0) is 46.6 Å². The normalized spacial score (nSPS) is 11.0. The maximum absolute atomic E-state index is 13.3. The van der Waals surface area contributed by atoms with E-state index in [4.69, 9.17) is 0 Å². The summed E-state index contributed by atoms with van der Waals surface area (Å²) in [6, 6.07) is 10.6. The molecular weight excluding hydrogens is 335 g/mol. The second-order valence-electron chi connectivity index (χ2n) is 4.97. The van der Waals surface area contributed by atoms with Crippen LogP contribution in [0.25, 0.3) is 10.8 Å². The molecule has 1 aromatic heterocycles. The lowest BCUT2D eigenvalue weighted by Gasteiger charge is -2.06. The molecule has 2 aromatic carbocycles. The zero-order valence-corrected chi connectivity index (χ0v) is 12.9. The molecule has 0 spiro atoms. The molecule has 1 N–H and O–H groups in total. The third-order valence-electron chi connectivity index (χ3n) is 3.38. The molecule has 3 aromatic rings. The van der Waals surface area contributed by atoms with E-state index in [-0.39, 0.29) is 11.4 Å². The molecule has 0 atom stereocenters. The van der Waals surface area contributed by atoms with Crippen LogP contribution < -0.4 is 5.56 Å². The lowest BCUT2D eigenvalue weighted by molar-refractivity contribution is 0.620. The number of fused-ring (bicyclic) bond motifs is 1. The number of H-pyrrole nitrogens is 1. The molecule has 0 saturated carbocycles. The first-order valence-corrected chi connectivity index (χ1v) is 7.26. The number of rotatable bonds is 2. The molecule has 3 rings (SSSR count). The van der Waals surface area contributed by atoms with Gasteiger partial charge < -0.3 is 0 Å². The van der Waals surface area contributed by atoms with Gasteiger partial charge in [0.25, 0.3) is 5.56 Å². The Bertz CT molecular complexity index is 889. The zero-order valence-electron chi connectivity index (χ0n) is 11.3. The van der Waals surface area contributed by atoms with Crippen molar-refractivity contribution < 1.29 is 4.39 Å². The molecule has 3 nitrogen and oxygen atoms in total. The minimum atomic E-state index is -0.298. The van der Waals surface area contributed by atoms with Crippen LogP contribution in [0.4, 0.5) is 4.39 Å². The molecule has 0 aliphatic heterocycles. The van der Waals surface area contributed by atoms with Gasteiger partial charge in [0.1, 0.15) is 5.82 Å². The van der Waals surface area contributed by atoms with Crippen LogP contribution in [0.15, 0.2) is 45.7 Å². The van der Waals surface area contributed by atoms with E-state index >= 15 is 0 Å². The summed E-state index contributed by atoms with van der Waals surface area (Å²) in [6.45, 7) is 1.94. The smallest absolute Gasteiger partial charge is 0.267 e. The summed E-state index contributed by atoms with van der Waals surface area (Å²) in [5.74, 6) is -0.298. The van der Waals surface area contributed by atoms with E-state index in [0.29, 0.717) is 16.3 Å². The molecular formula is C16H12BrFN2O. The summed E-state index contributed by atoms with van der Waals surface area (Å²) in [5.41, 5.74) is 2.51. The van der Waals surface area contributed by atoms with Crippen molar-refractivity contribution in [1.82, 2.24) is 10.2 Å². The van der Waals surface area contributed by atoms with Gasteiger partial charge in [0.15, 0.2) is 0 Å². The zero-order chi connectivity index (χ0) is 15.0. The van der Waals surface area contributed by atoms with Crippen molar-refractivity contribution in [2.75, 3.05) is 0 Å². The fourth-order valence-electron chi connectivity index (χ4n) is 2.31. The van der Waals surface area contributed by atoms with Crippen molar-refractivity contribution in [2.24, 2.45) is 0 Å². The van der Waals surface area contributed by atoms with Crippen LogP contribution >= 0.6 is 15.9 Å². The summed E-state index contributed by atoms with van der Waals surface area (Å²) >= 11 is 3.18. The van der Waals surface area contributed by atoms with E-state index in [2.05, 4.69) is 26.1 Å². The molecule has 106 valence electrons. The van der Waals surface area contributed by atoms with Crippen molar-refractivity contribution in [3.05, 3.63) is 73.9 Å². The highest BCUT2D eigenvalue weighted by atomic mass is 79.9. The van der Waals surface area contributed by atoms with E-state index in [1.54, 1.807) is 12.1 Å². The predicted octanol–water partition coefficient (Wildman–Crippen LogP) is 3.72. The molecule has 0 unspecified atom stereocenters. The second-order valence-corrected chi connectivity index (χ2v) is 5.83. The highest BCUT2D eigenvalue weighted by Gasteiger charge is 2.09. The molecule has 0 radical (unpaired) electrons. The molecule has 0 amide bonds. The Morgan fingerprint density at radius 1 is 1.19 bits per heavy atom. The van der Waals surface area contributed by atoms with Gasteiger partial charge in [0, 0.05) is 11.8 Å². The number of aromatic nitrogens is 2. The first-order valence-electron chi connectivity index (χ1n) is 6.46. The van der Waals surface area contributed by atoms with E-state index in [9.17, 15) is 9.18 Å². The highest BCUT2D eigenvalue weighted by molar-refractivity contribution is 9.10. The molecule has 0 aliphatic carbocycles. The Kier molecular flexibility index (Phi) is 3.59. The number of nitrogens with one attached hydrogen (secondary N) is 1. The maximum atomic E-state index is 13.3. The molecule has 0 bridgehead atoms. The van der Waals surface area contributed by atoms with E-state index in [0.717, 1.165) is 22.2 Å².